The Morgan fingerprint density at radius 2 is 1.38 bits per heavy atom. The molecule has 1 N–H and O–H groups in total. The molecule has 2 aromatic heterocycles. The Bertz CT molecular complexity index is 1100. The monoisotopic (exact) mass is 363 g/mol. The van der Waals surface area contributed by atoms with Crippen molar-refractivity contribution < 1.29 is 9.90 Å². The fourth-order valence-corrected chi connectivity index (χ4v) is 2.49. The fraction of sp³-hybridized carbons (Fsp3) is 0. The zero-order valence-corrected chi connectivity index (χ0v) is 14.4. The van der Waals surface area contributed by atoms with Gasteiger partial charge in [0.25, 0.3) is 0 Å². The average molecular weight is 364 g/mol. The van der Waals surface area contributed by atoms with Gasteiger partial charge < -0.3 is 5.11 Å². The normalized spacial score (nSPS) is 9.50. The summed E-state index contributed by atoms with van der Waals surface area (Å²) in [5.41, 5.74) is 0.881. The maximum absolute atomic E-state index is 10.8. The lowest BCUT2D eigenvalue weighted by Crippen LogP contribution is -1.97. The van der Waals surface area contributed by atoms with Crippen LogP contribution in [0.25, 0.3) is 21.5 Å². The van der Waals surface area contributed by atoms with Gasteiger partial charge in [0.2, 0.25) is 0 Å². The second-order valence-corrected chi connectivity index (χ2v) is 5.23. The van der Waals surface area contributed by atoms with E-state index in [0.717, 1.165) is 21.5 Å². The van der Waals surface area contributed by atoms with Gasteiger partial charge in [0.1, 0.15) is 6.07 Å². The van der Waals surface area contributed by atoms with Crippen LogP contribution in [0.2, 0.25) is 0 Å². The molecule has 6 heteroatoms. The van der Waals surface area contributed by atoms with Crippen LogP contribution in [0.15, 0.2) is 73.3 Å². The number of pyridine rings is 2. The van der Waals surface area contributed by atoms with E-state index >= 15 is 0 Å². The average Bonchev–Trinajstić information content (AvgIpc) is 2.67. The van der Waals surface area contributed by atoms with Gasteiger partial charge in [-0.15, -0.1) is 12.4 Å². The molecule has 0 bridgehead atoms. The molecule has 0 aliphatic heterocycles. The van der Waals surface area contributed by atoms with Crippen LogP contribution in [-0.4, -0.2) is 21.0 Å². The van der Waals surface area contributed by atoms with Crippen LogP contribution < -0.4 is 0 Å². The van der Waals surface area contributed by atoms with Crippen LogP contribution in [0, 0.1) is 11.3 Å². The van der Waals surface area contributed by atoms with Gasteiger partial charge in [0.05, 0.1) is 11.1 Å². The summed E-state index contributed by atoms with van der Waals surface area (Å²) in [5, 5.41) is 21.1. The molecule has 0 radical (unpaired) electrons. The maximum Gasteiger partial charge on any atom is 0.337 e. The Morgan fingerprint density at radius 3 is 2.00 bits per heavy atom. The van der Waals surface area contributed by atoms with Crippen molar-refractivity contribution in [1.29, 1.82) is 5.26 Å². The number of fused-ring (bicyclic) bond motifs is 2. The maximum atomic E-state index is 10.8. The molecule has 0 fully saturated rings. The number of carbonyl (C=O) groups is 1. The van der Waals surface area contributed by atoms with E-state index in [9.17, 15) is 4.79 Å². The highest BCUT2D eigenvalue weighted by molar-refractivity contribution is 6.02. The van der Waals surface area contributed by atoms with Crippen molar-refractivity contribution >= 4 is 39.9 Å². The topological polar surface area (TPSA) is 86.9 Å². The standard InChI is InChI=1S/C10H6N2.C10H7NO2.ClH/c11-5-9-7-12-6-8-3-1-2-4-10(8)9;12-10(13)9-6-11-5-7-3-1-2-4-8(7)9;/h1-4,6-7H;1-6H,(H,12,13);1H. The molecule has 2 heterocycles. The van der Waals surface area contributed by atoms with E-state index in [4.69, 9.17) is 10.4 Å². The minimum atomic E-state index is -0.940. The molecular formula is C20H14ClN3O2. The lowest BCUT2D eigenvalue weighted by Gasteiger charge is -1.99. The number of rotatable bonds is 1. The van der Waals surface area contributed by atoms with Gasteiger partial charge in [-0.2, -0.15) is 5.26 Å². The number of aromatic carboxylic acids is 1. The summed E-state index contributed by atoms with van der Waals surface area (Å²) in [6.07, 6.45) is 6.37. The largest absolute Gasteiger partial charge is 0.478 e. The molecule has 0 aliphatic carbocycles. The van der Waals surface area contributed by atoms with Crippen LogP contribution in [0.3, 0.4) is 0 Å². The molecule has 0 amide bonds. The molecule has 5 nitrogen and oxygen atoms in total. The highest BCUT2D eigenvalue weighted by Crippen LogP contribution is 2.16. The van der Waals surface area contributed by atoms with Crippen molar-refractivity contribution in [2.45, 2.75) is 0 Å². The Labute approximate surface area is 156 Å². The van der Waals surface area contributed by atoms with Crippen molar-refractivity contribution in [1.82, 2.24) is 9.97 Å². The van der Waals surface area contributed by atoms with Crippen molar-refractivity contribution in [3.63, 3.8) is 0 Å². The first kappa shape index (κ1) is 18.8. The number of nitrogens with zero attached hydrogens (tertiary/aromatic N) is 3. The van der Waals surface area contributed by atoms with Crippen molar-refractivity contribution in [3.8, 4) is 6.07 Å². The van der Waals surface area contributed by atoms with Gasteiger partial charge in [-0.3, -0.25) is 9.97 Å². The van der Waals surface area contributed by atoms with Crippen LogP contribution in [0.1, 0.15) is 15.9 Å². The van der Waals surface area contributed by atoms with Crippen molar-refractivity contribution in [2.75, 3.05) is 0 Å². The smallest absolute Gasteiger partial charge is 0.337 e. The van der Waals surface area contributed by atoms with Gasteiger partial charge in [0.15, 0.2) is 0 Å². The quantitative estimate of drug-likeness (QED) is 0.539. The Hall–Kier alpha value is -3.49. The van der Waals surface area contributed by atoms with E-state index in [1.807, 2.05) is 42.5 Å². The SMILES string of the molecule is Cl.N#Cc1cncc2ccccc12.O=C(O)c1cncc2ccccc12. The summed E-state index contributed by atoms with van der Waals surface area (Å²) in [6.45, 7) is 0. The van der Waals surface area contributed by atoms with E-state index in [0.29, 0.717) is 5.56 Å². The van der Waals surface area contributed by atoms with E-state index in [-0.39, 0.29) is 18.0 Å². The first-order chi connectivity index (χ1) is 12.2. The van der Waals surface area contributed by atoms with Gasteiger partial charge >= 0.3 is 5.97 Å². The molecule has 4 aromatic rings. The fourth-order valence-electron chi connectivity index (χ4n) is 2.49. The molecule has 2 aromatic carbocycles. The van der Waals surface area contributed by atoms with Gasteiger partial charge in [-0.25, -0.2) is 4.79 Å². The molecule has 0 atom stereocenters. The minimum absolute atomic E-state index is 0. The van der Waals surface area contributed by atoms with Crippen LogP contribution in [-0.2, 0) is 0 Å². The third-order valence-electron chi connectivity index (χ3n) is 3.69. The Morgan fingerprint density at radius 1 is 0.846 bits per heavy atom. The molecular weight excluding hydrogens is 350 g/mol. The van der Waals surface area contributed by atoms with Crippen molar-refractivity contribution in [3.05, 3.63) is 84.4 Å². The number of hydrogen-bond donors (Lipinski definition) is 1. The Balaban J connectivity index is 0.000000180. The van der Waals surface area contributed by atoms with E-state index in [1.54, 1.807) is 24.7 Å². The predicted octanol–water partition coefficient (Wildman–Crippen LogP) is 4.46. The summed E-state index contributed by atoms with van der Waals surface area (Å²) in [4.78, 5) is 18.6. The van der Waals surface area contributed by atoms with Crippen LogP contribution >= 0.6 is 12.4 Å². The number of halogens is 1. The van der Waals surface area contributed by atoms with Crippen molar-refractivity contribution in [2.24, 2.45) is 0 Å². The molecule has 4 rings (SSSR count). The highest BCUT2D eigenvalue weighted by atomic mass is 35.5. The number of carboxylic acid groups (broad SMARTS) is 1. The molecule has 0 aliphatic rings. The second-order valence-electron chi connectivity index (χ2n) is 5.23. The summed E-state index contributed by atoms with van der Waals surface area (Å²) in [7, 11) is 0. The van der Waals surface area contributed by atoms with E-state index < -0.39 is 5.97 Å². The molecule has 0 unspecified atom stereocenters. The third kappa shape index (κ3) is 3.94. The first-order valence-electron chi connectivity index (χ1n) is 7.49. The summed E-state index contributed by atoms with van der Waals surface area (Å²) >= 11 is 0. The van der Waals surface area contributed by atoms with E-state index in [1.165, 1.54) is 6.20 Å². The summed E-state index contributed by atoms with van der Waals surface area (Å²) in [6, 6.07) is 17.1. The minimum Gasteiger partial charge on any atom is -0.478 e. The van der Waals surface area contributed by atoms with Crippen LogP contribution in [0.5, 0.6) is 0 Å². The Kier molecular flexibility index (Phi) is 6.20. The second kappa shape index (κ2) is 8.56. The number of hydrogen-bond acceptors (Lipinski definition) is 4. The summed E-state index contributed by atoms with van der Waals surface area (Å²) in [5.74, 6) is -0.940. The van der Waals surface area contributed by atoms with E-state index in [2.05, 4.69) is 16.0 Å². The number of aromatic nitrogens is 2. The number of nitriles is 1. The molecule has 0 saturated heterocycles. The van der Waals surface area contributed by atoms with Gasteiger partial charge in [0, 0.05) is 40.9 Å². The van der Waals surface area contributed by atoms with Crippen LogP contribution in [0.4, 0.5) is 0 Å². The highest BCUT2D eigenvalue weighted by Gasteiger charge is 2.06. The summed E-state index contributed by atoms with van der Waals surface area (Å²) < 4.78 is 0. The van der Waals surface area contributed by atoms with Gasteiger partial charge in [-0.05, 0) is 5.39 Å². The lowest BCUT2D eigenvalue weighted by molar-refractivity contribution is 0.0698. The molecule has 26 heavy (non-hydrogen) atoms. The predicted molar refractivity (Wildman–Crippen MR) is 102 cm³/mol. The third-order valence-corrected chi connectivity index (χ3v) is 3.69. The zero-order valence-electron chi connectivity index (χ0n) is 13.5. The molecule has 128 valence electrons. The number of benzene rings is 2. The first-order valence-corrected chi connectivity index (χ1v) is 7.49. The lowest BCUT2D eigenvalue weighted by atomic mass is 10.1. The molecule has 0 spiro atoms. The van der Waals surface area contributed by atoms with Gasteiger partial charge in [-0.1, -0.05) is 48.5 Å². The molecule has 0 saturated carbocycles. The number of carboxylic acids is 1. The zero-order chi connectivity index (χ0) is 17.6.